The van der Waals surface area contributed by atoms with E-state index < -0.39 is 18.0 Å². The first kappa shape index (κ1) is 19.0. The third-order valence-electron chi connectivity index (χ3n) is 3.46. The molecule has 0 saturated heterocycles. The Hall–Kier alpha value is -2.75. The predicted octanol–water partition coefficient (Wildman–Crippen LogP) is 2.16. The van der Waals surface area contributed by atoms with Gasteiger partial charge in [-0.05, 0) is 18.1 Å². The SMILES string of the molecule is CC(C)CNC(=O)NC(=O)CSc1nnc([C@@H]2COc3ccccc3O2)o1. The highest BCUT2D eigenvalue weighted by molar-refractivity contribution is 7.99. The molecular weight excluding hydrogens is 372 g/mol. The Morgan fingerprint density at radius 1 is 1.26 bits per heavy atom. The molecule has 0 unspecified atom stereocenters. The summed E-state index contributed by atoms with van der Waals surface area (Å²) in [5, 5.41) is 12.9. The summed E-state index contributed by atoms with van der Waals surface area (Å²) in [6.07, 6.45) is -0.516. The van der Waals surface area contributed by atoms with Gasteiger partial charge in [-0.15, -0.1) is 10.2 Å². The molecule has 0 aliphatic carbocycles. The van der Waals surface area contributed by atoms with Gasteiger partial charge in [0.2, 0.25) is 12.0 Å². The van der Waals surface area contributed by atoms with Crippen LogP contribution in [0.4, 0.5) is 4.79 Å². The van der Waals surface area contributed by atoms with Gasteiger partial charge in [0.15, 0.2) is 11.5 Å². The lowest BCUT2D eigenvalue weighted by Gasteiger charge is -2.23. The molecule has 0 saturated carbocycles. The molecule has 0 radical (unpaired) electrons. The normalized spacial score (nSPS) is 15.4. The molecule has 9 nitrogen and oxygen atoms in total. The molecule has 1 aliphatic rings. The zero-order valence-corrected chi connectivity index (χ0v) is 15.7. The topological polar surface area (TPSA) is 116 Å². The molecule has 1 aromatic heterocycles. The molecule has 1 atom stereocenters. The number of nitrogens with one attached hydrogen (secondary N) is 2. The first-order chi connectivity index (χ1) is 13.0. The number of benzene rings is 1. The van der Waals surface area contributed by atoms with E-state index >= 15 is 0 Å². The summed E-state index contributed by atoms with van der Waals surface area (Å²) in [5.74, 6) is 1.36. The van der Waals surface area contributed by atoms with Crippen LogP contribution < -0.4 is 20.1 Å². The summed E-state index contributed by atoms with van der Waals surface area (Å²) in [4.78, 5) is 23.3. The lowest BCUT2D eigenvalue weighted by Crippen LogP contribution is -2.41. The Bertz CT molecular complexity index is 810. The third kappa shape index (κ3) is 5.36. The molecule has 2 aromatic rings. The maximum absolute atomic E-state index is 11.8. The number of rotatable bonds is 6. The van der Waals surface area contributed by atoms with Crippen LogP contribution >= 0.6 is 11.8 Å². The second-order valence-corrected chi connectivity index (χ2v) is 7.14. The summed E-state index contributed by atoms with van der Waals surface area (Å²) in [5.41, 5.74) is 0. The van der Waals surface area contributed by atoms with Gasteiger partial charge in [0.05, 0.1) is 5.75 Å². The minimum Gasteiger partial charge on any atom is -0.485 e. The number of urea groups is 1. The average Bonchev–Trinajstić information content (AvgIpc) is 3.13. The Balaban J connectivity index is 1.47. The molecular formula is C17H20N4O5S. The van der Waals surface area contributed by atoms with E-state index in [9.17, 15) is 9.59 Å². The van der Waals surface area contributed by atoms with Gasteiger partial charge in [0.1, 0.15) is 6.61 Å². The lowest BCUT2D eigenvalue weighted by molar-refractivity contribution is -0.117. The standard InChI is InChI=1S/C17H20N4O5S/c1-10(2)7-18-16(23)19-14(22)9-27-17-21-20-15(26-17)13-8-24-11-5-3-4-6-12(11)25-13/h3-6,10,13H,7-9H2,1-2H3,(H2,18,19,22,23)/t13-/m0/s1. The van der Waals surface area contributed by atoms with E-state index in [0.29, 0.717) is 24.0 Å². The number of aromatic nitrogens is 2. The maximum Gasteiger partial charge on any atom is 0.321 e. The van der Waals surface area contributed by atoms with E-state index in [1.165, 1.54) is 0 Å². The minimum absolute atomic E-state index is 0.0262. The minimum atomic E-state index is -0.521. The highest BCUT2D eigenvalue weighted by Gasteiger charge is 2.27. The van der Waals surface area contributed by atoms with Crippen molar-refractivity contribution >= 4 is 23.7 Å². The van der Waals surface area contributed by atoms with E-state index in [1.807, 2.05) is 32.0 Å². The number of amides is 3. The van der Waals surface area contributed by atoms with Crippen molar-refractivity contribution in [2.45, 2.75) is 25.2 Å². The number of thioether (sulfide) groups is 1. The molecule has 0 spiro atoms. The van der Waals surface area contributed by atoms with Gasteiger partial charge in [-0.3, -0.25) is 10.1 Å². The van der Waals surface area contributed by atoms with Crippen LogP contribution in [0.2, 0.25) is 0 Å². The van der Waals surface area contributed by atoms with Crippen LogP contribution in [0.5, 0.6) is 11.5 Å². The van der Waals surface area contributed by atoms with E-state index in [-0.39, 0.29) is 23.5 Å². The predicted molar refractivity (Wildman–Crippen MR) is 96.7 cm³/mol. The van der Waals surface area contributed by atoms with Crippen molar-refractivity contribution in [1.29, 1.82) is 0 Å². The molecule has 10 heteroatoms. The van der Waals surface area contributed by atoms with Crippen molar-refractivity contribution in [2.75, 3.05) is 18.9 Å². The fraction of sp³-hybridized carbons (Fsp3) is 0.412. The van der Waals surface area contributed by atoms with E-state index in [1.54, 1.807) is 6.07 Å². The summed E-state index contributed by atoms with van der Waals surface area (Å²) in [6.45, 7) is 4.67. The van der Waals surface area contributed by atoms with Gasteiger partial charge in [-0.2, -0.15) is 0 Å². The highest BCUT2D eigenvalue weighted by atomic mass is 32.2. The Labute approximate surface area is 160 Å². The molecule has 144 valence electrons. The van der Waals surface area contributed by atoms with Crippen LogP contribution in [0.15, 0.2) is 33.9 Å². The van der Waals surface area contributed by atoms with E-state index in [0.717, 1.165) is 11.8 Å². The monoisotopic (exact) mass is 392 g/mol. The van der Waals surface area contributed by atoms with Crippen LogP contribution in [-0.4, -0.2) is 41.0 Å². The number of nitrogens with zero attached hydrogens (tertiary/aromatic N) is 2. The smallest absolute Gasteiger partial charge is 0.321 e. The fourth-order valence-corrected chi connectivity index (χ4v) is 2.75. The van der Waals surface area contributed by atoms with Gasteiger partial charge in [-0.1, -0.05) is 37.7 Å². The van der Waals surface area contributed by atoms with Crippen molar-refractivity contribution in [3.63, 3.8) is 0 Å². The number of fused-ring (bicyclic) bond motifs is 1. The second kappa shape index (κ2) is 8.76. The molecule has 2 heterocycles. The van der Waals surface area contributed by atoms with Crippen molar-refractivity contribution in [2.24, 2.45) is 5.92 Å². The molecule has 1 aliphatic heterocycles. The zero-order chi connectivity index (χ0) is 19.2. The number of carbonyl (C=O) groups excluding carboxylic acids is 2. The maximum atomic E-state index is 11.8. The molecule has 1 aromatic carbocycles. The fourth-order valence-electron chi connectivity index (χ4n) is 2.18. The summed E-state index contributed by atoms with van der Waals surface area (Å²) >= 11 is 1.04. The number of para-hydroxylation sites is 2. The molecule has 27 heavy (non-hydrogen) atoms. The summed E-state index contributed by atoms with van der Waals surface area (Å²) < 4.78 is 16.9. The van der Waals surface area contributed by atoms with E-state index in [2.05, 4.69) is 20.8 Å². The average molecular weight is 392 g/mol. The van der Waals surface area contributed by atoms with Gasteiger partial charge in [0.25, 0.3) is 11.1 Å². The van der Waals surface area contributed by atoms with Crippen LogP contribution in [-0.2, 0) is 4.79 Å². The quantitative estimate of drug-likeness (QED) is 0.719. The third-order valence-corrected chi connectivity index (χ3v) is 4.28. The highest BCUT2D eigenvalue weighted by Crippen LogP contribution is 2.35. The van der Waals surface area contributed by atoms with Gasteiger partial charge in [-0.25, -0.2) is 4.79 Å². The van der Waals surface area contributed by atoms with Gasteiger partial charge < -0.3 is 19.2 Å². The summed E-state index contributed by atoms with van der Waals surface area (Å²) in [7, 11) is 0. The molecule has 2 N–H and O–H groups in total. The first-order valence-corrected chi connectivity index (χ1v) is 9.42. The zero-order valence-electron chi connectivity index (χ0n) is 14.9. The van der Waals surface area contributed by atoms with Crippen LogP contribution in [0.25, 0.3) is 0 Å². The number of hydrogen-bond acceptors (Lipinski definition) is 8. The molecule has 3 amide bonds. The Morgan fingerprint density at radius 3 is 2.81 bits per heavy atom. The number of ether oxygens (including phenoxy) is 2. The largest absolute Gasteiger partial charge is 0.485 e. The Morgan fingerprint density at radius 2 is 2.04 bits per heavy atom. The van der Waals surface area contributed by atoms with Crippen LogP contribution in [0.3, 0.4) is 0 Å². The number of carbonyl (C=O) groups is 2. The molecule has 3 rings (SSSR count). The van der Waals surface area contributed by atoms with E-state index in [4.69, 9.17) is 13.9 Å². The van der Waals surface area contributed by atoms with Crippen molar-refractivity contribution < 1.29 is 23.5 Å². The van der Waals surface area contributed by atoms with Crippen molar-refractivity contribution in [1.82, 2.24) is 20.8 Å². The summed E-state index contributed by atoms with van der Waals surface area (Å²) in [6, 6.07) is 6.79. The molecule has 0 fully saturated rings. The van der Waals surface area contributed by atoms with Crippen LogP contribution in [0, 0.1) is 5.92 Å². The van der Waals surface area contributed by atoms with Gasteiger partial charge in [0, 0.05) is 6.54 Å². The Kier molecular flexibility index (Phi) is 6.17. The van der Waals surface area contributed by atoms with Crippen molar-refractivity contribution in [3.05, 3.63) is 30.2 Å². The number of hydrogen-bond donors (Lipinski definition) is 2. The second-order valence-electron chi connectivity index (χ2n) is 6.21. The number of imide groups is 1. The first-order valence-electron chi connectivity index (χ1n) is 8.43. The van der Waals surface area contributed by atoms with Crippen LogP contribution in [0.1, 0.15) is 25.8 Å². The van der Waals surface area contributed by atoms with Gasteiger partial charge >= 0.3 is 6.03 Å². The lowest BCUT2D eigenvalue weighted by atomic mass is 10.2. The van der Waals surface area contributed by atoms with Crippen molar-refractivity contribution in [3.8, 4) is 11.5 Å². The molecule has 0 bridgehead atoms.